The first-order valence-electron chi connectivity index (χ1n) is 16.8. The molecule has 0 bridgehead atoms. The Balaban J connectivity index is 1.32. The summed E-state index contributed by atoms with van der Waals surface area (Å²) in [6.07, 6.45) is 0. The van der Waals surface area contributed by atoms with Crippen LogP contribution >= 0.6 is 0 Å². The van der Waals surface area contributed by atoms with Gasteiger partial charge in [-0.3, -0.25) is 0 Å². The number of rotatable bonds is 3. The van der Waals surface area contributed by atoms with Crippen LogP contribution in [0.4, 0.5) is 0 Å². The molecule has 0 saturated carbocycles. The Morgan fingerprint density at radius 1 is 0.440 bits per heavy atom. The summed E-state index contributed by atoms with van der Waals surface area (Å²) < 4.78 is 9.38. The molecule has 5 heteroatoms. The molecule has 0 aliphatic carbocycles. The average molecular weight is 639 g/mol. The topological polar surface area (TPSA) is 56.7 Å². The molecule has 0 saturated heterocycles. The average Bonchev–Trinajstić information content (AvgIpc) is 3.70. The van der Waals surface area contributed by atoms with Gasteiger partial charge in [0, 0.05) is 54.9 Å². The highest BCUT2D eigenvalue weighted by molar-refractivity contribution is 6.23. The highest BCUT2D eigenvalue weighted by atomic mass is 16.3. The molecule has 0 unspecified atom stereocenters. The lowest BCUT2D eigenvalue weighted by Gasteiger charge is -2.15. The predicted molar refractivity (Wildman–Crippen MR) is 202 cm³/mol. The fourth-order valence-corrected chi connectivity index (χ4v) is 7.85. The highest BCUT2D eigenvalue weighted by Gasteiger charge is 2.30. The first-order chi connectivity index (χ1) is 24.8. The molecule has 5 nitrogen and oxygen atoms in total. The molecular formula is C45H26N4O. The third kappa shape index (κ3) is 3.80. The van der Waals surface area contributed by atoms with Crippen molar-refractivity contribution in [3.05, 3.63) is 158 Å². The summed E-state index contributed by atoms with van der Waals surface area (Å²) in [7, 11) is 0. The molecule has 7 aromatic carbocycles. The first-order valence-corrected chi connectivity index (χ1v) is 16.8. The number of aromatic nitrogens is 4. The van der Waals surface area contributed by atoms with Crippen LogP contribution in [0.5, 0.6) is 0 Å². The summed E-state index contributed by atoms with van der Waals surface area (Å²) in [6, 6.07) is 54.8. The van der Waals surface area contributed by atoms with Crippen molar-refractivity contribution in [3.8, 4) is 62.1 Å². The van der Waals surface area contributed by atoms with Gasteiger partial charge in [0.1, 0.15) is 11.2 Å². The van der Waals surface area contributed by atoms with Crippen molar-refractivity contribution in [1.29, 1.82) is 0 Å². The van der Waals surface area contributed by atoms with Gasteiger partial charge >= 0.3 is 0 Å². The van der Waals surface area contributed by atoms with Gasteiger partial charge in [-0.25, -0.2) is 15.0 Å². The third-order valence-electron chi connectivity index (χ3n) is 9.99. The summed E-state index contributed by atoms with van der Waals surface area (Å²) in [5.74, 6) is 1.85. The van der Waals surface area contributed by atoms with Gasteiger partial charge in [-0.05, 0) is 29.8 Å². The summed E-state index contributed by atoms with van der Waals surface area (Å²) >= 11 is 0. The van der Waals surface area contributed by atoms with Gasteiger partial charge in [0.25, 0.3) is 0 Å². The normalized spacial score (nSPS) is 12.0. The monoisotopic (exact) mass is 638 g/mol. The van der Waals surface area contributed by atoms with Gasteiger partial charge < -0.3 is 8.98 Å². The van der Waals surface area contributed by atoms with E-state index in [1.807, 2.05) is 72.8 Å². The number of nitrogens with zero attached hydrogens (tertiary/aromatic N) is 4. The van der Waals surface area contributed by atoms with Crippen molar-refractivity contribution in [3.63, 3.8) is 0 Å². The molecule has 232 valence electrons. The SMILES string of the molecule is c1ccc(-c2nc(-c3ccccc3)nc(-c3cc4c(c5oc6ccccc6c35)-c3cccc5c6ccccc6n(c35)-c3ccccc3-4)n2)cc1. The zero-order valence-corrected chi connectivity index (χ0v) is 26.7. The summed E-state index contributed by atoms with van der Waals surface area (Å²) in [4.78, 5) is 15.4. The molecule has 1 aliphatic heterocycles. The number of furan rings is 1. The number of benzene rings is 7. The van der Waals surface area contributed by atoms with E-state index in [1.165, 1.54) is 21.8 Å². The van der Waals surface area contributed by atoms with Crippen LogP contribution in [0.1, 0.15) is 0 Å². The zero-order chi connectivity index (χ0) is 32.8. The minimum absolute atomic E-state index is 0.599. The summed E-state index contributed by atoms with van der Waals surface area (Å²) in [6.45, 7) is 0. The molecule has 0 fully saturated rings. The quantitative estimate of drug-likeness (QED) is 0.193. The summed E-state index contributed by atoms with van der Waals surface area (Å²) in [5, 5.41) is 4.45. The van der Waals surface area contributed by atoms with Crippen LogP contribution in [0.3, 0.4) is 0 Å². The van der Waals surface area contributed by atoms with E-state index < -0.39 is 0 Å². The van der Waals surface area contributed by atoms with Crippen LogP contribution in [0.15, 0.2) is 162 Å². The third-order valence-corrected chi connectivity index (χ3v) is 9.99. The molecule has 4 heterocycles. The minimum atomic E-state index is 0.599. The first kappa shape index (κ1) is 27.1. The van der Waals surface area contributed by atoms with E-state index in [0.717, 1.165) is 66.6 Å². The van der Waals surface area contributed by atoms with Crippen molar-refractivity contribution in [2.24, 2.45) is 0 Å². The Hall–Kier alpha value is -6.85. The lowest BCUT2D eigenvalue weighted by atomic mass is 9.89. The molecular weight excluding hydrogens is 613 g/mol. The zero-order valence-electron chi connectivity index (χ0n) is 26.7. The Bertz CT molecular complexity index is 2920. The Labute approximate surface area is 286 Å². The van der Waals surface area contributed by atoms with E-state index in [0.29, 0.717) is 17.5 Å². The van der Waals surface area contributed by atoms with Crippen molar-refractivity contribution in [1.82, 2.24) is 19.5 Å². The van der Waals surface area contributed by atoms with Crippen LogP contribution in [-0.4, -0.2) is 19.5 Å². The fraction of sp³-hybridized carbons (Fsp3) is 0. The van der Waals surface area contributed by atoms with Crippen LogP contribution in [0, 0.1) is 0 Å². The maximum absolute atomic E-state index is 6.95. The maximum atomic E-state index is 6.95. The van der Waals surface area contributed by atoms with Gasteiger partial charge in [-0.2, -0.15) is 0 Å². The molecule has 50 heavy (non-hydrogen) atoms. The van der Waals surface area contributed by atoms with E-state index in [2.05, 4.69) is 89.5 Å². The number of fused-ring (bicyclic) bond motifs is 12. The van der Waals surface area contributed by atoms with Crippen LogP contribution < -0.4 is 0 Å². The molecule has 11 rings (SSSR count). The van der Waals surface area contributed by atoms with E-state index >= 15 is 0 Å². The molecule has 10 aromatic rings. The van der Waals surface area contributed by atoms with Crippen LogP contribution in [0.2, 0.25) is 0 Å². The minimum Gasteiger partial charge on any atom is -0.455 e. The largest absolute Gasteiger partial charge is 0.455 e. The van der Waals surface area contributed by atoms with Gasteiger partial charge in [-0.15, -0.1) is 0 Å². The molecule has 0 amide bonds. The Morgan fingerprint density at radius 2 is 1.04 bits per heavy atom. The number of hydrogen-bond donors (Lipinski definition) is 0. The number of para-hydroxylation sites is 4. The Morgan fingerprint density at radius 3 is 1.82 bits per heavy atom. The number of hydrogen-bond acceptors (Lipinski definition) is 4. The van der Waals surface area contributed by atoms with Gasteiger partial charge in [0.2, 0.25) is 0 Å². The second-order valence-electron chi connectivity index (χ2n) is 12.8. The lowest BCUT2D eigenvalue weighted by molar-refractivity contribution is 0.670. The van der Waals surface area contributed by atoms with Crippen molar-refractivity contribution >= 4 is 43.7 Å². The second kappa shape index (κ2) is 10.3. The van der Waals surface area contributed by atoms with Gasteiger partial charge in [-0.1, -0.05) is 133 Å². The van der Waals surface area contributed by atoms with Crippen LogP contribution in [0.25, 0.3) is 106 Å². The molecule has 0 atom stereocenters. The Kier molecular flexibility index (Phi) is 5.60. The smallest absolute Gasteiger partial charge is 0.164 e. The van der Waals surface area contributed by atoms with E-state index in [1.54, 1.807) is 0 Å². The standard InChI is InChI=1S/C45H26N4O/c1-3-14-27(15-4-1)43-46-44(28-16-5-2-6-17-28)48-45(47-43)35-26-34-30-19-8-11-24-37(30)49-36-23-10-7-18-29(36)31-21-13-22-33(41(31)49)40(34)42-39(35)32-20-9-12-25-38(32)50-42/h1-26H. The van der Waals surface area contributed by atoms with Gasteiger partial charge in [0.15, 0.2) is 17.5 Å². The van der Waals surface area contributed by atoms with Crippen molar-refractivity contribution < 1.29 is 4.42 Å². The molecule has 0 spiro atoms. The molecule has 0 radical (unpaired) electrons. The van der Waals surface area contributed by atoms with E-state index in [9.17, 15) is 0 Å². The molecule has 0 N–H and O–H groups in total. The van der Waals surface area contributed by atoms with Crippen LogP contribution in [-0.2, 0) is 0 Å². The van der Waals surface area contributed by atoms with Crippen molar-refractivity contribution in [2.75, 3.05) is 0 Å². The summed E-state index contributed by atoms with van der Waals surface area (Å²) in [5.41, 5.74) is 12.3. The second-order valence-corrected chi connectivity index (χ2v) is 12.8. The van der Waals surface area contributed by atoms with Gasteiger partial charge in [0.05, 0.1) is 16.7 Å². The predicted octanol–water partition coefficient (Wildman–Crippen LogP) is 11.5. The maximum Gasteiger partial charge on any atom is 0.164 e. The van der Waals surface area contributed by atoms with Crippen molar-refractivity contribution in [2.45, 2.75) is 0 Å². The van der Waals surface area contributed by atoms with E-state index in [-0.39, 0.29) is 0 Å². The highest BCUT2D eigenvalue weighted by Crippen LogP contribution is 2.52. The molecule has 1 aliphatic rings. The fourth-order valence-electron chi connectivity index (χ4n) is 7.85. The lowest BCUT2D eigenvalue weighted by Crippen LogP contribution is -2.01. The molecule has 3 aromatic heterocycles. The van der Waals surface area contributed by atoms with E-state index in [4.69, 9.17) is 19.4 Å².